The number of rotatable bonds is 4. The molecular formula is C28H27N3O4S. The van der Waals surface area contributed by atoms with Crippen molar-refractivity contribution >= 4 is 52.1 Å². The smallest absolute Gasteiger partial charge is 0.415 e. The molecule has 0 unspecified atom stereocenters. The van der Waals surface area contributed by atoms with Crippen molar-refractivity contribution in [1.82, 2.24) is 4.98 Å². The van der Waals surface area contributed by atoms with Gasteiger partial charge >= 0.3 is 6.09 Å². The quantitative estimate of drug-likeness (QED) is 0.480. The Morgan fingerprint density at radius 2 is 2.03 bits per heavy atom. The van der Waals surface area contributed by atoms with Gasteiger partial charge < -0.3 is 14.8 Å². The fourth-order valence-corrected chi connectivity index (χ4v) is 6.13. The number of nitrogens with zero attached hydrogens (tertiary/aromatic N) is 2. The van der Waals surface area contributed by atoms with Gasteiger partial charge in [-0.25, -0.2) is 4.79 Å². The second-order valence-electron chi connectivity index (χ2n) is 9.63. The summed E-state index contributed by atoms with van der Waals surface area (Å²) >= 11 is 1.51. The molecule has 2 fully saturated rings. The molecule has 184 valence electrons. The summed E-state index contributed by atoms with van der Waals surface area (Å²) in [6.07, 6.45) is 9.55. The Labute approximate surface area is 213 Å². The summed E-state index contributed by atoms with van der Waals surface area (Å²) in [4.78, 5) is 31.8. The Kier molecular flexibility index (Phi) is 5.84. The summed E-state index contributed by atoms with van der Waals surface area (Å²) in [7, 11) is 1.67. The van der Waals surface area contributed by atoms with Gasteiger partial charge in [0.25, 0.3) is 0 Å². The first-order chi connectivity index (χ1) is 17.5. The zero-order valence-corrected chi connectivity index (χ0v) is 20.8. The Balaban J connectivity index is 1.13. The van der Waals surface area contributed by atoms with Gasteiger partial charge in [0.15, 0.2) is 0 Å². The van der Waals surface area contributed by atoms with E-state index in [9.17, 15) is 9.59 Å². The van der Waals surface area contributed by atoms with Crippen LogP contribution in [0.4, 0.5) is 16.2 Å². The number of anilines is 2. The number of nitrogens with one attached hydrogen (secondary N) is 1. The highest BCUT2D eigenvalue weighted by Crippen LogP contribution is 2.43. The second-order valence-corrected chi connectivity index (χ2v) is 10.7. The summed E-state index contributed by atoms with van der Waals surface area (Å²) in [5.74, 6) is 1.64. The number of benzene rings is 2. The van der Waals surface area contributed by atoms with E-state index in [0.29, 0.717) is 18.2 Å². The number of hydrogen-bond acceptors (Lipinski definition) is 6. The Morgan fingerprint density at radius 1 is 1.17 bits per heavy atom. The van der Waals surface area contributed by atoms with Gasteiger partial charge in [0, 0.05) is 22.2 Å². The number of carbonyl (C=O) groups is 2. The van der Waals surface area contributed by atoms with Crippen molar-refractivity contribution in [3.05, 3.63) is 60.3 Å². The molecule has 6 rings (SSSR count). The van der Waals surface area contributed by atoms with Crippen LogP contribution >= 0.6 is 11.8 Å². The molecule has 0 bridgehead atoms. The molecule has 8 heteroatoms. The van der Waals surface area contributed by atoms with Crippen molar-refractivity contribution in [2.45, 2.75) is 36.2 Å². The van der Waals surface area contributed by atoms with E-state index in [1.54, 1.807) is 12.0 Å². The van der Waals surface area contributed by atoms with E-state index in [-0.39, 0.29) is 12.0 Å². The van der Waals surface area contributed by atoms with Crippen LogP contribution in [0.1, 0.15) is 31.2 Å². The number of thioether (sulfide) groups is 1. The van der Waals surface area contributed by atoms with Crippen LogP contribution in [-0.2, 0) is 9.53 Å². The first-order valence-electron chi connectivity index (χ1n) is 12.2. The molecule has 3 aromatic rings. The zero-order chi connectivity index (χ0) is 24.7. The van der Waals surface area contributed by atoms with E-state index in [1.807, 2.05) is 48.7 Å². The van der Waals surface area contributed by atoms with Crippen molar-refractivity contribution in [2.24, 2.45) is 5.92 Å². The third-order valence-corrected chi connectivity index (χ3v) is 8.42. The lowest BCUT2D eigenvalue weighted by atomic mass is 9.78. The predicted octanol–water partition coefficient (Wildman–Crippen LogP) is 5.89. The highest BCUT2D eigenvalue weighted by molar-refractivity contribution is 8.00. The normalized spacial score (nSPS) is 23.7. The molecule has 0 atom stereocenters. The molecule has 1 aromatic heterocycles. The minimum Gasteiger partial charge on any atom is -0.497 e. The lowest BCUT2D eigenvalue weighted by molar-refractivity contribution is -0.113. The fourth-order valence-electron chi connectivity index (χ4n) is 5.34. The van der Waals surface area contributed by atoms with Crippen molar-refractivity contribution in [2.75, 3.05) is 29.6 Å². The van der Waals surface area contributed by atoms with E-state index < -0.39 is 5.60 Å². The third-order valence-electron chi connectivity index (χ3n) is 7.35. The summed E-state index contributed by atoms with van der Waals surface area (Å²) in [5, 5.41) is 3.97. The Bertz CT molecular complexity index is 1380. The fraction of sp³-hybridized carbons (Fsp3) is 0.321. The van der Waals surface area contributed by atoms with Gasteiger partial charge in [-0.1, -0.05) is 12.2 Å². The van der Waals surface area contributed by atoms with E-state index in [4.69, 9.17) is 9.47 Å². The number of methoxy groups -OCH3 is 1. The van der Waals surface area contributed by atoms with Crippen LogP contribution in [0.3, 0.4) is 0 Å². The Hall–Kier alpha value is -3.52. The molecule has 3 heterocycles. The van der Waals surface area contributed by atoms with Crippen molar-refractivity contribution in [1.29, 1.82) is 0 Å². The number of ether oxygens (including phenoxy) is 2. The number of aromatic nitrogens is 1. The van der Waals surface area contributed by atoms with E-state index >= 15 is 0 Å². The molecular weight excluding hydrogens is 474 g/mol. The van der Waals surface area contributed by atoms with Crippen molar-refractivity contribution in [3.8, 4) is 5.75 Å². The first kappa shape index (κ1) is 22.9. The maximum atomic E-state index is 12.8. The monoisotopic (exact) mass is 501 g/mol. The van der Waals surface area contributed by atoms with Gasteiger partial charge in [-0.15, -0.1) is 11.8 Å². The SMILES string of the molecule is COc1ccc2nccc(/C=C/[C@H]3CC[C@@]4(CC3)CN(c3ccc5c(c3)NC(=O)CS5)C(=O)O4)c2c1. The van der Waals surface area contributed by atoms with Crippen LogP contribution in [0, 0.1) is 5.92 Å². The largest absolute Gasteiger partial charge is 0.497 e. The maximum Gasteiger partial charge on any atom is 0.415 e. The average Bonchev–Trinajstić information content (AvgIpc) is 3.23. The first-order valence-corrected chi connectivity index (χ1v) is 13.2. The van der Waals surface area contributed by atoms with Gasteiger partial charge in [0.05, 0.1) is 30.6 Å². The maximum absolute atomic E-state index is 12.8. The molecule has 1 saturated carbocycles. The highest BCUT2D eigenvalue weighted by atomic mass is 32.2. The van der Waals surface area contributed by atoms with E-state index in [0.717, 1.165) is 64.2 Å². The molecule has 36 heavy (non-hydrogen) atoms. The van der Waals surface area contributed by atoms with Crippen LogP contribution in [0.5, 0.6) is 5.75 Å². The predicted molar refractivity (Wildman–Crippen MR) is 142 cm³/mol. The van der Waals surface area contributed by atoms with Crippen molar-refractivity contribution < 1.29 is 19.1 Å². The molecule has 1 spiro atoms. The number of hydrogen-bond donors (Lipinski definition) is 1. The topological polar surface area (TPSA) is 80.8 Å². The lowest BCUT2D eigenvalue weighted by Crippen LogP contribution is -2.38. The molecule has 1 saturated heterocycles. The summed E-state index contributed by atoms with van der Waals surface area (Å²) in [5.41, 5.74) is 3.14. The minimum atomic E-state index is -0.452. The standard InChI is InChI=1S/C28H27N3O4S/c1-34-21-5-6-23-22(15-21)19(10-13-29-23)3-2-18-8-11-28(12-9-18)17-31(27(33)35-28)20-4-7-25-24(14-20)30-26(32)16-36-25/h2-7,10,13-15,18H,8-9,11-12,16-17H2,1H3,(H,30,32)/b3-2+/t18-,28+. The number of allylic oxidation sites excluding steroid dienone is 1. The number of amides is 2. The van der Waals surface area contributed by atoms with Crippen LogP contribution < -0.4 is 15.0 Å². The molecule has 2 amide bonds. The molecule has 2 aliphatic heterocycles. The second kappa shape index (κ2) is 9.17. The van der Waals surface area contributed by atoms with Gasteiger partial charge in [0.2, 0.25) is 5.91 Å². The minimum absolute atomic E-state index is 0.0182. The molecule has 2 aromatic carbocycles. The van der Waals surface area contributed by atoms with Gasteiger partial charge in [-0.3, -0.25) is 14.7 Å². The molecule has 1 aliphatic carbocycles. The summed E-state index contributed by atoms with van der Waals surface area (Å²) in [6.45, 7) is 0.539. The Morgan fingerprint density at radius 3 is 2.86 bits per heavy atom. The summed E-state index contributed by atoms with van der Waals surface area (Å²) < 4.78 is 11.4. The van der Waals surface area contributed by atoms with E-state index in [2.05, 4.69) is 22.5 Å². The summed E-state index contributed by atoms with van der Waals surface area (Å²) in [6, 6.07) is 13.7. The van der Waals surface area contributed by atoms with Crippen LogP contribution in [-0.4, -0.2) is 42.0 Å². The van der Waals surface area contributed by atoms with Gasteiger partial charge in [-0.2, -0.15) is 0 Å². The molecule has 7 nitrogen and oxygen atoms in total. The van der Waals surface area contributed by atoms with Crippen LogP contribution in [0.25, 0.3) is 17.0 Å². The highest BCUT2D eigenvalue weighted by Gasteiger charge is 2.47. The molecule has 1 N–H and O–H groups in total. The van der Waals surface area contributed by atoms with Crippen molar-refractivity contribution in [3.63, 3.8) is 0 Å². The average molecular weight is 502 g/mol. The molecule has 3 aliphatic rings. The number of carbonyl (C=O) groups excluding carboxylic acids is 2. The number of pyridine rings is 1. The number of fused-ring (bicyclic) bond motifs is 2. The van der Waals surface area contributed by atoms with E-state index in [1.165, 1.54) is 11.8 Å². The van der Waals surface area contributed by atoms with Crippen LogP contribution in [0.2, 0.25) is 0 Å². The molecule has 0 radical (unpaired) electrons. The van der Waals surface area contributed by atoms with Gasteiger partial charge in [0.1, 0.15) is 11.4 Å². The third kappa shape index (κ3) is 4.30. The van der Waals surface area contributed by atoms with Gasteiger partial charge in [-0.05, 0) is 79.6 Å². The lowest BCUT2D eigenvalue weighted by Gasteiger charge is -2.34. The van der Waals surface area contributed by atoms with Crippen LogP contribution in [0.15, 0.2) is 59.6 Å². The zero-order valence-electron chi connectivity index (χ0n) is 20.0.